The third-order valence-corrected chi connectivity index (χ3v) is 3.93. The van der Waals surface area contributed by atoms with E-state index in [0.717, 1.165) is 18.7 Å². The number of rotatable bonds is 2. The second kappa shape index (κ2) is 5.08. The molecule has 17 heavy (non-hydrogen) atoms. The summed E-state index contributed by atoms with van der Waals surface area (Å²) in [6, 6.07) is 10.1. The first-order chi connectivity index (χ1) is 8.18. The van der Waals surface area contributed by atoms with E-state index in [2.05, 4.69) is 11.0 Å². The van der Waals surface area contributed by atoms with Crippen LogP contribution in [0.5, 0.6) is 0 Å². The molecule has 1 aromatic carbocycles. The molecular weight excluding hydrogens is 232 g/mol. The Balaban J connectivity index is 2.37. The summed E-state index contributed by atoms with van der Waals surface area (Å²) in [6.07, 6.45) is 3.60. The predicted octanol–water partition coefficient (Wildman–Crippen LogP) is 3.56. The highest BCUT2D eigenvalue weighted by molar-refractivity contribution is 6.31. The Morgan fingerprint density at radius 2 is 1.88 bits per heavy atom. The van der Waals surface area contributed by atoms with E-state index in [-0.39, 0.29) is 0 Å². The number of likely N-dealkylation sites (tertiary alicyclic amines) is 1. The van der Waals surface area contributed by atoms with Crippen LogP contribution < -0.4 is 0 Å². The molecule has 0 amide bonds. The SMILES string of the molecule is CC(C#N)(c1ccccc1Cl)N1CCCCC1. The number of hydrogen-bond donors (Lipinski definition) is 0. The van der Waals surface area contributed by atoms with E-state index in [9.17, 15) is 5.26 Å². The fourth-order valence-electron chi connectivity index (χ4n) is 2.50. The van der Waals surface area contributed by atoms with Gasteiger partial charge in [-0.3, -0.25) is 4.90 Å². The Morgan fingerprint density at radius 1 is 1.24 bits per heavy atom. The van der Waals surface area contributed by atoms with Crippen LogP contribution >= 0.6 is 11.6 Å². The van der Waals surface area contributed by atoms with Crippen LogP contribution in [-0.2, 0) is 5.54 Å². The zero-order chi connectivity index (χ0) is 12.3. The van der Waals surface area contributed by atoms with Crippen LogP contribution in [0.15, 0.2) is 24.3 Å². The number of piperidine rings is 1. The van der Waals surface area contributed by atoms with Gasteiger partial charge in [-0.25, -0.2) is 0 Å². The fourth-order valence-corrected chi connectivity index (χ4v) is 2.82. The summed E-state index contributed by atoms with van der Waals surface area (Å²) in [5.74, 6) is 0. The zero-order valence-electron chi connectivity index (χ0n) is 10.1. The Morgan fingerprint density at radius 3 is 2.47 bits per heavy atom. The largest absolute Gasteiger partial charge is 0.282 e. The molecule has 0 aliphatic carbocycles. The van der Waals surface area contributed by atoms with Gasteiger partial charge in [0.1, 0.15) is 5.54 Å². The summed E-state index contributed by atoms with van der Waals surface area (Å²) < 4.78 is 0. The summed E-state index contributed by atoms with van der Waals surface area (Å²) in [4.78, 5) is 2.25. The first-order valence-corrected chi connectivity index (χ1v) is 6.47. The molecule has 1 fully saturated rings. The van der Waals surface area contributed by atoms with Crippen LogP contribution in [0.1, 0.15) is 31.7 Å². The van der Waals surface area contributed by atoms with Gasteiger partial charge in [0.2, 0.25) is 0 Å². The summed E-state index contributed by atoms with van der Waals surface area (Å²) in [5, 5.41) is 10.2. The minimum Gasteiger partial charge on any atom is -0.282 e. The smallest absolute Gasteiger partial charge is 0.133 e. The van der Waals surface area contributed by atoms with Crippen molar-refractivity contribution in [2.45, 2.75) is 31.7 Å². The zero-order valence-corrected chi connectivity index (χ0v) is 10.9. The molecule has 2 nitrogen and oxygen atoms in total. The molecule has 90 valence electrons. The van der Waals surface area contributed by atoms with Gasteiger partial charge in [0.25, 0.3) is 0 Å². The van der Waals surface area contributed by atoms with Crippen molar-refractivity contribution < 1.29 is 0 Å². The predicted molar refractivity (Wildman–Crippen MR) is 69.8 cm³/mol. The summed E-state index contributed by atoms with van der Waals surface area (Å²) in [5.41, 5.74) is 0.324. The number of halogens is 1. The van der Waals surface area contributed by atoms with E-state index in [1.54, 1.807) is 0 Å². The highest BCUT2D eigenvalue weighted by Crippen LogP contribution is 2.34. The Hall–Kier alpha value is -1.04. The van der Waals surface area contributed by atoms with Crippen molar-refractivity contribution in [1.82, 2.24) is 4.90 Å². The van der Waals surface area contributed by atoms with Gasteiger partial charge in [-0.05, 0) is 38.9 Å². The number of hydrogen-bond acceptors (Lipinski definition) is 2. The molecule has 0 saturated carbocycles. The van der Waals surface area contributed by atoms with Crippen molar-refractivity contribution in [2.75, 3.05) is 13.1 Å². The third-order valence-electron chi connectivity index (χ3n) is 3.60. The quantitative estimate of drug-likeness (QED) is 0.800. The van der Waals surface area contributed by atoms with E-state index < -0.39 is 5.54 Å². The third kappa shape index (κ3) is 2.31. The van der Waals surface area contributed by atoms with Gasteiger partial charge >= 0.3 is 0 Å². The van der Waals surface area contributed by atoms with Crippen molar-refractivity contribution in [2.24, 2.45) is 0 Å². The molecule has 0 aromatic heterocycles. The molecule has 1 unspecified atom stereocenters. The van der Waals surface area contributed by atoms with E-state index in [1.807, 2.05) is 31.2 Å². The Kier molecular flexibility index (Phi) is 3.71. The van der Waals surface area contributed by atoms with Gasteiger partial charge in [-0.15, -0.1) is 0 Å². The van der Waals surface area contributed by atoms with Crippen LogP contribution in [0.25, 0.3) is 0 Å². The van der Waals surface area contributed by atoms with E-state index >= 15 is 0 Å². The fraction of sp³-hybridized carbons (Fsp3) is 0.500. The van der Waals surface area contributed by atoms with Crippen LogP contribution in [0.4, 0.5) is 0 Å². The standard InChI is InChI=1S/C14H17ClN2/c1-14(11-16,17-9-5-2-6-10-17)12-7-3-4-8-13(12)15/h3-4,7-8H,2,5-6,9-10H2,1H3. The maximum absolute atomic E-state index is 9.57. The molecular formula is C14H17ClN2. The molecule has 1 aliphatic rings. The lowest BCUT2D eigenvalue weighted by Crippen LogP contribution is -2.45. The van der Waals surface area contributed by atoms with Gasteiger partial charge in [-0.1, -0.05) is 36.2 Å². The summed E-state index contributed by atoms with van der Waals surface area (Å²) >= 11 is 6.23. The molecule has 0 N–H and O–H groups in total. The molecule has 3 heteroatoms. The number of nitrogens with zero attached hydrogens (tertiary/aromatic N) is 2. The highest BCUT2D eigenvalue weighted by atomic mass is 35.5. The lowest BCUT2D eigenvalue weighted by molar-refractivity contribution is 0.123. The average Bonchev–Trinajstić information content (AvgIpc) is 2.39. The monoisotopic (exact) mass is 248 g/mol. The van der Waals surface area contributed by atoms with Crippen LogP contribution in [-0.4, -0.2) is 18.0 Å². The van der Waals surface area contributed by atoms with Crippen molar-refractivity contribution in [3.05, 3.63) is 34.9 Å². The molecule has 2 rings (SSSR count). The first-order valence-electron chi connectivity index (χ1n) is 6.10. The molecule has 0 spiro atoms. The molecule has 1 heterocycles. The second-order valence-electron chi connectivity index (χ2n) is 4.71. The normalized spacial score (nSPS) is 20.5. The molecule has 1 aromatic rings. The lowest BCUT2D eigenvalue weighted by atomic mass is 9.89. The highest BCUT2D eigenvalue weighted by Gasteiger charge is 2.35. The van der Waals surface area contributed by atoms with Crippen molar-refractivity contribution >= 4 is 11.6 Å². The minimum atomic E-state index is -0.598. The van der Waals surface area contributed by atoms with E-state index in [4.69, 9.17) is 11.6 Å². The van der Waals surface area contributed by atoms with Gasteiger partial charge < -0.3 is 0 Å². The van der Waals surface area contributed by atoms with Crippen molar-refractivity contribution in [3.63, 3.8) is 0 Å². The van der Waals surface area contributed by atoms with Crippen LogP contribution in [0, 0.1) is 11.3 Å². The van der Waals surface area contributed by atoms with E-state index in [0.29, 0.717) is 5.02 Å². The first kappa shape index (κ1) is 12.4. The van der Waals surface area contributed by atoms with Gasteiger partial charge in [0, 0.05) is 10.6 Å². The van der Waals surface area contributed by atoms with Crippen LogP contribution in [0.3, 0.4) is 0 Å². The van der Waals surface area contributed by atoms with Crippen molar-refractivity contribution in [1.29, 1.82) is 5.26 Å². The topological polar surface area (TPSA) is 27.0 Å². The molecule has 1 saturated heterocycles. The molecule has 0 bridgehead atoms. The van der Waals surface area contributed by atoms with E-state index in [1.165, 1.54) is 19.3 Å². The lowest BCUT2D eigenvalue weighted by Gasteiger charge is -2.39. The average molecular weight is 249 g/mol. The molecule has 0 radical (unpaired) electrons. The maximum Gasteiger partial charge on any atom is 0.133 e. The van der Waals surface area contributed by atoms with Crippen LogP contribution in [0.2, 0.25) is 5.02 Å². The summed E-state index contributed by atoms with van der Waals surface area (Å²) in [7, 11) is 0. The Bertz CT molecular complexity index is 432. The van der Waals surface area contributed by atoms with Gasteiger partial charge in [0.05, 0.1) is 6.07 Å². The second-order valence-corrected chi connectivity index (χ2v) is 5.12. The van der Waals surface area contributed by atoms with Crippen molar-refractivity contribution in [3.8, 4) is 6.07 Å². The molecule has 1 atom stereocenters. The van der Waals surface area contributed by atoms with Gasteiger partial charge in [-0.2, -0.15) is 5.26 Å². The maximum atomic E-state index is 9.57. The Labute approximate surface area is 108 Å². The number of nitriles is 1. The minimum absolute atomic E-state index is 0.598. The summed E-state index contributed by atoms with van der Waals surface area (Å²) in [6.45, 7) is 3.93. The number of benzene rings is 1. The molecule has 1 aliphatic heterocycles. The van der Waals surface area contributed by atoms with Gasteiger partial charge in [0.15, 0.2) is 0 Å².